The quantitative estimate of drug-likeness (QED) is 0.687. The van der Waals surface area contributed by atoms with Gasteiger partial charge < -0.3 is 20.8 Å². The van der Waals surface area contributed by atoms with Gasteiger partial charge in [-0.15, -0.1) is 0 Å². The highest BCUT2D eigenvalue weighted by Crippen LogP contribution is 2.36. The summed E-state index contributed by atoms with van der Waals surface area (Å²) >= 11 is 0. The van der Waals surface area contributed by atoms with Gasteiger partial charge in [0.2, 0.25) is 0 Å². The van der Waals surface area contributed by atoms with Crippen LogP contribution in [0, 0.1) is 0 Å². The van der Waals surface area contributed by atoms with Gasteiger partial charge in [0.1, 0.15) is 5.75 Å². The Morgan fingerprint density at radius 3 is 2.81 bits per heavy atom. The molecule has 0 radical (unpaired) electrons. The van der Waals surface area contributed by atoms with Crippen LogP contribution in [0.4, 0.5) is 4.79 Å². The first-order valence-electron chi connectivity index (χ1n) is 7.64. The van der Waals surface area contributed by atoms with Crippen molar-refractivity contribution < 1.29 is 15.0 Å². The number of phenols is 1. The molecule has 1 saturated carbocycles. The van der Waals surface area contributed by atoms with Crippen LogP contribution in [0.1, 0.15) is 49.3 Å². The molecule has 1 fully saturated rings. The number of rotatable bonds is 3. The van der Waals surface area contributed by atoms with Crippen molar-refractivity contribution in [2.75, 3.05) is 6.61 Å². The minimum Gasteiger partial charge on any atom is -0.508 e. The van der Waals surface area contributed by atoms with Crippen molar-refractivity contribution in [3.63, 3.8) is 0 Å². The molecule has 5 nitrogen and oxygen atoms in total. The fourth-order valence-electron chi connectivity index (χ4n) is 3.59. The first kappa shape index (κ1) is 14.2. The molecule has 1 unspecified atom stereocenters. The van der Waals surface area contributed by atoms with Gasteiger partial charge in [0.15, 0.2) is 0 Å². The Labute approximate surface area is 124 Å². The Kier molecular flexibility index (Phi) is 3.76. The fourth-order valence-corrected chi connectivity index (χ4v) is 3.59. The molecule has 2 amide bonds. The van der Waals surface area contributed by atoms with Gasteiger partial charge in [0.05, 0.1) is 18.2 Å². The number of nitrogens with one attached hydrogen (secondary N) is 2. The van der Waals surface area contributed by atoms with Crippen LogP contribution in [0.5, 0.6) is 5.75 Å². The second kappa shape index (κ2) is 5.56. The summed E-state index contributed by atoms with van der Waals surface area (Å²) < 4.78 is 0. The molecule has 114 valence electrons. The van der Waals surface area contributed by atoms with E-state index in [-0.39, 0.29) is 18.7 Å². The Bertz CT molecular complexity index is 538. The van der Waals surface area contributed by atoms with E-state index in [9.17, 15) is 15.0 Å². The van der Waals surface area contributed by atoms with E-state index in [0.717, 1.165) is 49.7 Å². The van der Waals surface area contributed by atoms with Gasteiger partial charge in [0, 0.05) is 0 Å². The van der Waals surface area contributed by atoms with Crippen molar-refractivity contribution in [2.45, 2.75) is 50.1 Å². The number of fused-ring (bicyclic) bond motifs is 1. The maximum atomic E-state index is 12.2. The predicted molar refractivity (Wildman–Crippen MR) is 79.1 cm³/mol. The molecular weight excluding hydrogens is 268 g/mol. The highest BCUT2D eigenvalue weighted by molar-refractivity contribution is 5.75. The smallest absolute Gasteiger partial charge is 0.315 e. The zero-order valence-electron chi connectivity index (χ0n) is 12.1. The number of carbonyl (C=O) groups is 1. The van der Waals surface area contributed by atoms with Crippen LogP contribution in [0.15, 0.2) is 18.2 Å². The normalized spacial score (nSPS) is 22.8. The molecule has 5 heteroatoms. The van der Waals surface area contributed by atoms with Crippen molar-refractivity contribution in [3.05, 3.63) is 29.3 Å². The van der Waals surface area contributed by atoms with Gasteiger partial charge in [-0.2, -0.15) is 0 Å². The average Bonchev–Trinajstić information content (AvgIpc) is 3.08. The summed E-state index contributed by atoms with van der Waals surface area (Å²) in [6, 6.07) is 5.14. The van der Waals surface area contributed by atoms with Crippen LogP contribution in [0.25, 0.3) is 0 Å². The number of aliphatic hydroxyl groups excluding tert-OH is 1. The number of hydrogen-bond acceptors (Lipinski definition) is 3. The molecule has 21 heavy (non-hydrogen) atoms. The highest BCUT2D eigenvalue weighted by atomic mass is 16.3. The number of benzene rings is 1. The lowest BCUT2D eigenvalue weighted by molar-refractivity contribution is 0.161. The molecular formula is C16H22N2O3. The Morgan fingerprint density at radius 2 is 2.10 bits per heavy atom. The SMILES string of the molecule is O=C(NC1CCc2c(O)cccc21)NC1(CO)CCCC1. The first-order chi connectivity index (χ1) is 10.1. The van der Waals surface area contributed by atoms with Crippen LogP contribution in [-0.2, 0) is 6.42 Å². The third-order valence-electron chi connectivity index (χ3n) is 4.79. The van der Waals surface area contributed by atoms with Gasteiger partial charge in [-0.3, -0.25) is 0 Å². The minimum atomic E-state index is -0.454. The maximum absolute atomic E-state index is 12.2. The molecule has 0 aliphatic heterocycles. The first-order valence-corrected chi connectivity index (χ1v) is 7.64. The molecule has 0 heterocycles. The number of carbonyl (C=O) groups excluding carboxylic acids is 1. The van der Waals surface area contributed by atoms with Gasteiger partial charge in [0.25, 0.3) is 0 Å². The maximum Gasteiger partial charge on any atom is 0.315 e. The predicted octanol–water partition coefficient (Wildman–Crippen LogP) is 1.98. The average molecular weight is 290 g/mol. The van der Waals surface area contributed by atoms with Crippen molar-refractivity contribution >= 4 is 6.03 Å². The highest BCUT2D eigenvalue weighted by Gasteiger charge is 2.35. The van der Waals surface area contributed by atoms with Crippen LogP contribution >= 0.6 is 0 Å². The molecule has 2 aliphatic rings. The molecule has 1 aromatic rings. The van der Waals surface area contributed by atoms with Crippen LogP contribution in [0.2, 0.25) is 0 Å². The lowest BCUT2D eigenvalue weighted by Gasteiger charge is -2.29. The van der Waals surface area contributed by atoms with E-state index in [0.29, 0.717) is 5.75 Å². The fraction of sp³-hybridized carbons (Fsp3) is 0.562. The van der Waals surface area contributed by atoms with E-state index in [1.807, 2.05) is 6.07 Å². The van der Waals surface area contributed by atoms with Crippen molar-refractivity contribution in [1.82, 2.24) is 10.6 Å². The number of urea groups is 1. The molecule has 0 saturated heterocycles. The van der Waals surface area contributed by atoms with Gasteiger partial charge in [-0.1, -0.05) is 25.0 Å². The molecule has 0 spiro atoms. The number of aromatic hydroxyl groups is 1. The molecule has 3 rings (SSSR count). The minimum absolute atomic E-state index is 0.0114. The van der Waals surface area contributed by atoms with Crippen molar-refractivity contribution in [2.24, 2.45) is 0 Å². The van der Waals surface area contributed by atoms with Crippen molar-refractivity contribution in [1.29, 1.82) is 0 Å². The lowest BCUT2D eigenvalue weighted by atomic mass is 9.99. The Balaban J connectivity index is 1.66. The third kappa shape index (κ3) is 2.70. The van der Waals surface area contributed by atoms with Crippen LogP contribution in [-0.4, -0.2) is 28.4 Å². The second-order valence-corrected chi connectivity index (χ2v) is 6.18. The summed E-state index contributed by atoms with van der Waals surface area (Å²) in [6.45, 7) is -0.0114. The monoisotopic (exact) mass is 290 g/mol. The third-order valence-corrected chi connectivity index (χ3v) is 4.79. The summed E-state index contributed by atoms with van der Waals surface area (Å²) in [4.78, 5) is 12.2. The topological polar surface area (TPSA) is 81.6 Å². The summed E-state index contributed by atoms with van der Waals surface area (Å²) in [5.41, 5.74) is 1.47. The number of aliphatic hydroxyl groups is 1. The van der Waals surface area contributed by atoms with Crippen LogP contribution < -0.4 is 10.6 Å². The number of hydrogen-bond donors (Lipinski definition) is 4. The summed E-state index contributed by atoms with van der Waals surface area (Å²) in [6.07, 6.45) is 5.32. The zero-order valence-corrected chi connectivity index (χ0v) is 12.1. The zero-order chi connectivity index (χ0) is 14.9. The number of amides is 2. The Hall–Kier alpha value is -1.75. The standard InChI is InChI=1S/C16H22N2O3/c19-10-16(8-1-2-9-16)18-15(21)17-13-7-6-12-11(13)4-3-5-14(12)20/h3-5,13,19-20H,1-2,6-10H2,(H2,17,18,21). The molecule has 0 aromatic heterocycles. The van der Waals surface area contributed by atoms with E-state index < -0.39 is 5.54 Å². The second-order valence-electron chi connectivity index (χ2n) is 6.18. The largest absolute Gasteiger partial charge is 0.508 e. The molecule has 1 aromatic carbocycles. The van der Waals surface area contributed by atoms with Crippen molar-refractivity contribution in [3.8, 4) is 5.75 Å². The van der Waals surface area contributed by atoms with E-state index in [1.54, 1.807) is 12.1 Å². The lowest BCUT2D eigenvalue weighted by Crippen LogP contribution is -2.53. The summed E-state index contributed by atoms with van der Waals surface area (Å²) in [5, 5.41) is 25.3. The van der Waals surface area contributed by atoms with Crippen LogP contribution in [0.3, 0.4) is 0 Å². The molecule has 0 bridgehead atoms. The summed E-state index contributed by atoms with van der Waals surface area (Å²) in [5.74, 6) is 0.305. The van der Waals surface area contributed by atoms with E-state index in [1.165, 1.54) is 0 Å². The van der Waals surface area contributed by atoms with E-state index in [4.69, 9.17) is 0 Å². The van der Waals surface area contributed by atoms with E-state index >= 15 is 0 Å². The number of phenolic OH excluding ortho intramolecular Hbond substituents is 1. The van der Waals surface area contributed by atoms with Gasteiger partial charge in [-0.05, 0) is 42.9 Å². The molecule has 2 aliphatic carbocycles. The van der Waals surface area contributed by atoms with Gasteiger partial charge in [-0.25, -0.2) is 4.79 Å². The van der Waals surface area contributed by atoms with E-state index in [2.05, 4.69) is 10.6 Å². The summed E-state index contributed by atoms with van der Waals surface area (Å²) in [7, 11) is 0. The Morgan fingerprint density at radius 1 is 1.33 bits per heavy atom. The molecule has 1 atom stereocenters. The molecule has 4 N–H and O–H groups in total. The van der Waals surface area contributed by atoms with Gasteiger partial charge >= 0.3 is 6.03 Å².